The number of aromatic hydroxyl groups is 1. The number of ether oxygens (including phenoxy) is 2. The van der Waals surface area contributed by atoms with E-state index in [9.17, 15) is 9.50 Å². The van der Waals surface area contributed by atoms with E-state index in [4.69, 9.17) is 9.47 Å². The van der Waals surface area contributed by atoms with E-state index in [-0.39, 0.29) is 24.2 Å². The first-order chi connectivity index (χ1) is 14.1. The predicted molar refractivity (Wildman–Crippen MR) is 113 cm³/mol. The number of benzene rings is 1. The van der Waals surface area contributed by atoms with Gasteiger partial charge in [0.05, 0.1) is 13.3 Å². The summed E-state index contributed by atoms with van der Waals surface area (Å²) in [5.41, 5.74) is 0.495. The van der Waals surface area contributed by atoms with Crippen LogP contribution in [0.25, 0.3) is 0 Å². The Morgan fingerprint density at radius 3 is 2.90 bits per heavy atom. The predicted octanol–water partition coefficient (Wildman–Crippen LogP) is 4.16. The lowest BCUT2D eigenvalue weighted by molar-refractivity contribution is 0.273. The van der Waals surface area contributed by atoms with Crippen LogP contribution in [0.4, 0.5) is 10.2 Å². The van der Waals surface area contributed by atoms with Crippen LogP contribution in [0.3, 0.4) is 0 Å². The molecule has 0 spiro atoms. The van der Waals surface area contributed by atoms with Crippen molar-refractivity contribution in [1.82, 2.24) is 15.3 Å². The smallest absolute Gasteiger partial charge is 0.318 e. The molecule has 29 heavy (non-hydrogen) atoms. The minimum absolute atomic E-state index is 0.00174. The molecule has 0 amide bonds. The Labute approximate surface area is 173 Å². The third-order valence-corrected chi connectivity index (χ3v) is 4.27. The number of nitrogens with one attached hydrogen (secondary N) is 2. The number of phenols is 1. The van der Waals surface area contributed by atoms with E-state index < -0.39 is 5.82 Å². The molecule has 3 N–H and O–H groups in total. The Kier molecular flexibility index (Phi) is 8.84. The van der Waals surface area contributed by atoms with E-state index in [0.29, 0.717) is 11.3 Å². The van der Waals surface area contributed by atoms with Crippen molar-refractivity contribution in [2.45, 2.75) is 13.5 Å². The first-order valence-electron chi connectivity index (χ1n) is 8.68. The molecule has 0 aliphatic carbocycles. The lowest BCUT2D eigenvalue weighted by Crippen LogP contribution is -2.04. The van der Waals surface area contributed by atoms with Crippen molar-refractivity contribution in [2.75, 3.05) is 18.9 Å². The Morgan fingerprint density at radius 1 is 1.34 bits per heavy atom. The molecule has 154 valence electrons. The summed E-state index contributed by atoms with van der Waals surface area (Å²) in [4.78, 5) is 8.69. The molecular formula is C20H23FN4O3S. The molecule has 2 aromatic rings. The molecule has 0 aliphatic heterocycles. The molecular weight excluding hydrogens is 395 g/mol. The number of methoxy groups -OCH3 is 1. The van der Waals surface area contributed by atoms with Gasteiger partial charge < -0.3 is 24.6 Å². The van der Waals surface area contributed by atoms with Crippen molar-refractivity contribution in [3.8, 4) is 17.5 Å². The number of rotatable bonds is 10. The maximum absolute atomic E-state index is 14.1. The third-order valence-electron chi connectivity index (χ3n) is 3.48. The molecule has 0 saturated heterocycles. The Morgan fingerprint density at radius 2 is 2.17 bits per heavy atom. The molecule has 0 bridgehead atoms. The Hall–Kier alpha value is -3.20. The summed E-state index contributed by atoms with van der Waals surface area (Å²) < 4.78 is 27.5. The average Bonchev–Trinajstić information content (AvgIpc) is 2.73. The van der Waals surface area contributed by atoms with Crippen molar-refractivity contribution in [1.29, 1.82) is 0 Å². The van der Waals surface area contributed by atoms with Gasteiger partial charge in [-0.2, -0.15) is 4.98 Å². The summed E-state index contributed by atoms with van der Waals surface area (Å²) in [7, 11) is 3.30. The molecule has 0 unspecified atom stereocenters. The van der Waals surface area contributed by atoms with Crippen LogP contribution in [-0.2, 0) is 6.61 Å². The number of anilines is 1. The van der Waals surface area contributed by atoms with Gasteiger partial charge in [0.15, 0.2) is 11.6 Å². The third kappa shape index (κ3) is 7.04. The van der Waals surface area contributed by atoms with Gasteiger partial charge >= 0.3 is 6.01 Å². The van der Waals surface area contributed by atoms with Crippen molar-refractivity contribution in [2.24, 2.45) is 0 Å². The number of aromatic nitrogens is 2. The maximum Gasteiger partial charge on any atom is 0.318 e. The van der Waals surface area contributed by atoms with E-state index in [2.05, 4.69) is 20.0 Å². The van der Waals surface area contributed by atoms with Crippen LogP contribution < -0.4 is 19.5 Å². The first kappa shape index (κ1) is 22.1. The van der Waals surface area contributed by atoms with Crippen LogP contribution in [-0.4, -0.2) is 29.2 Å². The van der Waals surface area contributed by atoms with Crippen LogP contribution in [0.5, 0.6) is 17.5 Å². The zero-order chi connectivity index (χ0) is 21.1. The topological polar surface area (TPSA) is 88.5 Å². The summed E-state index contributed by atoms with van der Waals surface area (Å²) in [6, 6.07) is 4.75. The standard InChI is InChI=1S/C20H23FN4O3S/c1-4-5-6-7-16(11-22-2)29-25-19-17(21)12-23-20(24-19)28-13-14-10-15(27-3)8-9-18(14)26/h4-12,22,26H,13H2,1-3H3,(H,23,24,25)/b5-4-,7-6-,16-11-. The van der Waals surface area contributed by atoms with Crippen molar-refractivity contribution in [3.05, 3.63) is 71.2 Å². The summed E-state index contributed by atoms with van der Waals surface area (Å²) >= 11 is 1.18. The molecule has 0 fully saturated rings. The highest BCUT2D eigenvalue weighted by atomic mass is 32.2. The molecule has 0 atom stereocenters. The minimum Gasteiger partial charge on any atom is -0.508 e. The van der Waals surface area contributed by atoms with Crippen LogP contribution in [0, 0.1) is 5.82 Å². The summed E-state index contributed by atoms with van der Waals surface area (Å²) in [5, 5.41) is 12.8. The normalized spacial score (nSPS) is 11.8. The second-order valence-corrected chi connectivity index (χ2v) is 6.44. The minimum atomic E-state index is -0.615. The number of hydrogen-bond donors (Lipinski definition) is 3. The molecule has 9 heteroatoms. The lowest BCUT2D eigenvalue weighted by Gasteiger charge is -2.10. The van der Waals surface area contributed by atoms with Gasteiger partial charge in [0, 0.05) is 23.7 Å². The number of phenolic OH excluding ortho intramolecular Hbond substituents is 1. The lowest BCUT2D eigenvalue weighted by atomic mass is 10.2. The molecule has 1 aromatic carbocycles. The fourth-order valence-corrected chi connectivity index (χ4v) is 2.74. The number of halogens is 1. The van der Waals surface area contributed by atoms with E-state index in [0.717, 1.165) is 11.1 Å². The second-order valence-electron chi connectivity index (χ2n) is 5.56. The molecule has 7 nitrogen and oxygen atoms in total. The average molecular weight is 418 g/mol. The van der Waals surface area contributed by atoms with Gasteiger partial charge in [-0.3, -0.25) is 0 Å². The molecule has 0 radical (unpaired) electrons. The van der Waals surface area contributed by atoms with Gasteiger partial charge in [0.25, 0.3) is 0 Å². The van der Waals surface area contributed by atoms with E-state index in [1.54, 1.807) is 25.4 Å². The molecule has 0 saturated carbocycles. The van der Waals surface area contributed by atoms with Crippen LogP contribution in [0.2, 0.25) is 0 Å². The zero-order valence-electron chi connectivity index (χ0n) is 16.3. The quantitative estimate of drug-likeness (QED) is 0.392. The van der Waals surface area contributed by atoms with Gasteiger partial charge in [-0.05, 0) is 43.1 Å². The molecule has 1 heterocycles. The second kappa shape index (κ2) is 11.6. The SMILES string of the molecule is C\C=C/C=C\C(=C\NC)SNc1nc(OCc2cc(OC)ccc2O)ncc1F. The van der Waals surface area contributed by atoms with Gasteiger partial charge in [-0.25, -0.2) is 9.37 Å². The van der Waals surface area contributed by atoms with Gasteiger partial charge in [0.1, 0.15) is 18.1 Å². The largest absolute Gasteiger partial charge is 0.508 e. The number of nitrogens with zero attached hydrogens (tertiary/aromatic N) is 2. The van der Waals surface area contributed by atoms with Crippen molar-refractivity contribution in [3.63, 3.8) is 0 Å². The molecule has 2 rings (SSSR count). The summed E-state index contributed by atoms with van der Waals surface area (Å²) in [6.07, 6.45) is 10.3. The van der Waals surface area contributed by atoms with Gasteiger partial charge in [-0.15, -0.1) is 0 Å². The number of hydrogen-bond acceptors (Lipinski definition) is 8. The Bertz CT molecular complexity index is 903. The summed E-state index contributed by atoms with van der Waals surface area (Å²) in [6.45, 7) is 1.92. The monoisotopic (exact) mass is 418 g/mol. The van der Waals surface area contributed by atoms with E-state index in [1.807, 2.05) is 31.2 Å². The highest BCUT2D eigenvalue weighted by molar-refractivity contribution is 8.04. The van der Waals surface area contributed by atoms with Gasteiger partial charge in [0.2, 0.25) is 0 Å². The number of allylic oxidation sites excluding steroid dienone is 4. The Balaban J connectivity index is 2.06. The highest BCUT2D eigenvalue weighted by Gasteiger charge is 2.10. The molecule has 0 aliphatic rings. The van der Waals surface area contributed by atoms with Crippen molar-refractivity contribution < 1.29 is 19.0 Å². The van der Waals surface area contributed by atoms with Crippen LogP contribution in [0.15, 0.2) is 59.8 Å². The maximum atomic E-state index is 14.1. The highest BCUT2D eigenvalue weighted by Crippen LogP contribution is 2.25. The molecule has 1 aromatic heterocycles. The van der Waals surface area contributed by atoms with Gasteiger partial charge in [-0.1, -0.05) is 18.2 Å². The zero-order valence-corrected chi connectivity index (χ0v) is 17.2. The van der Waals surface area contributed by atoms with E-state index in [1.165, 1.54) is 25.1 Å². The first-order valence-corrected chi connectivity index (χ1v) is 9.50. The van der Waals surface area contributed by atoms with Crippen LogP contribution in [0.1, 0.15) is 12.5 Å². The fourth-order valence-electron chi connectivity index (χ4n) is 2.06. The van der Waals surface area contributed by atoms with Crippen molar-refractivity contribution >= 4 is 17.8 Å². The fraction of sp³-hybridized carbons (Fsp3) is 0.200. The summed E-state index contributed by atoms with van der Waals surface area (Å²) in [5.74, 6) is -0.00167. The van der Waals surface area contributed by atoms with Crippen LogP contribution >= 0.6 is 11.9 Å². The van der Waals surface area contributed by atoms with E-state index >= 15 is 0 Å².